The quantitative estimate of drug-likeness (QED) is 0.847. The first-order chi connectivity index (χ1) is 9.04. The molecule has 2 rings (SSSR count). The highest BCUT2D eigenvalue weighted by atomic mass is 79.9. The number of carboxylic acid groups (broad SMARTS) is 1. The zero-order valence-corrected chi connectivity index (χ0v) is 13.7. The van der Waals surface area contributed by atoms with E-state index in [1.807, 2.05) is 0 Å². The summed E-state index contributed by atoms with van der Waals surface area (Å²) in [6.45, 7) is 3.01. The molecule has 0 aliphatic carbocycles. The first kappa shape index (κ1) is 15.3. The van der Waals surface area contributed by atoms with Crippen LogP contribution in [0.1, 0.15) is 30.6 Å². The number of thiophene rings is 1. The first-order valence-corrected chi connectivity index (χ1v) is 8.41. The van der Waals surface area contributed by atoms with Gasteiger partial charge in [0.05, 0.1) is 0 Å². The Hall–Kier alpha value is -0.100. The maximum atomic E-state index is 10.6. The molecular formula is C13H17BrClNO2S. The summed E-state index contributed by atoms with van der Waals surface area (Å²) in [4.78, 5) is 14.3. The highest BCUT2D eigenvalue weighted by molar-refractivity contribution is 9.10. The van der Waals surface area contributed by atoms with Crippen molar-refractivity contribution in [3.05, 3.63) is 19.8 Å². The molecule has 1 saturated heterocycles. The van der Waals surface area contributed by atoms with Crippen LogP contribution >= 0.6 is 38.9 Å². The third-order valence-corrected chi connectivity index (χ3v) is 5.90. The molecule has 1 aromatic rings. The molecule has 3 nitrogen and oxygen atoms in total. The van der Waals surface area contributed by atoms with Crippen molar-refractivity contribution in [1.82, 2.24) is 4.90 Å². The van der Waals surface area contributed by atoms with Crippen molar-refractivity contribution < 1.29 is 9.90 Å². The molecule has 1 atom stereocenters. The van der Waals surface area contributed by atoms with E-state index in [1.165, 1.54) is 4.88 Å². The predicted molar refractivity (Wildman–Crippen MR) is 81.9 cm³/mol. The van der Waals surface area contributed by atoms with Crippen molar-refractivity contribution in [3.8, 4) is 0 Å². The minimum absolute atomic E-state index is 0.287. The number of aliphatic carboxylic acids is 1. The van der Waals surface area contributed by atoms with Crippen LogP contribution in [0.3, 0.4) is 0 Å². The Morgan fingerprint density at radius 1 is 1.63 bits per heavy atom. The Labute approximate surface area is 130 Å². The first-order valence-electron chi connectivity index (χ1n) is 6.42. The lowest BCUT2D eigenvalue weighted by Gasteiger charge is -2.32. The Kier molecular flexibility index (Phi) is 5.69. The van der Waals surface area contributed by atoms with Gasteiger partial charge in [0.1, 0.15) is 4.34 Å². The monoisotopic (exact) mass is 365 g/mol. The van der Waals surface area contributed by atoms with Gasteiger partial charge in [-0.3, -0.25) is 9.69 Å². The molecule has 1 aliphatic heterocycles. The van der Waals surface area contributed by atoms with Crippen LogP contribution in [0.4, 0.5) is 0 Å². The van der Waals surface area contributed by atoms with Crippen LogP contribution in [0.25, 0.3) is 0 Å². The summed E-state index contributed by atoms with van der Waals surface area (Å²) in [6, 6.07) is 2.08. The van der Waals surface area contributed by atoms with Gasteiger partial charge < -0.3 is 5.11 Å². The van der Waals surface area contributed by atoms with E-state index in [0.29, 0.717) is 5.92 Å². The fraction of sp³-hybridized carbons (Fsp3) is 0.615. The molecule has 0 radical (unpaired) electrons. The highest BCUT2D eigenvalue weighted by Crippen LogP contribution is 2.33. The van der Waals surface area contributed by atoms with E-state index in [2.05, 4.69) is 26.9 Å². The number of halogens is 2. The normalized spacial score (nSPS) is 20.6. The van der Waals surface area contributed by atoms with Gasteiger partial charge in [0.2, 0.25) is 0 Å². The van der Waals surface area contributed by atoms with Gasteiger partial charge in [-0.05, 0) is 53.7 Å². The summed E-state index contributed by atoms with van der Waals surface area (Å²) in [5.74, 6) is -0.171. The third-order valence-electron chi connectivity index (χ3n) is 3.45. The van der Waals surface area contributed by atoms with Gasteiger partial charge in [0.15, 0.2) is 0 Å². The molecule has 1 aliphatic rings. The van der Waals surface area contributed by atoms with E-state index in [-0.39, 0.29) is 6.42 Å². The van der Waals surface area contributed by atoms with Crippen LogP contribution in [0.15, 0.2) is 10.5 Å². The van der Waals surface area contributed by atoms with Crippen LogP contribution in [0.5, 0.6) is 0 Å². The van der Waals surface area contributed by atoms with E-state index in [0.717, 1.165) is 47.7 Å². The molecule has 1 N–H and O–H groups in total. The number of hydrogen-bond acceptors (Lipinski definition) is 3. The number of nitrogens with zero attached hydrogens (tertiary/aromatic N) is 1. The lowest BCUT2D eigenvalue weighted by atomic mass is 9.93. The minimum atomic E-state index is -0.689. The second kappa shape index (κ2) is 7.07. The van der Waals surface area contributed by atoms with Crippen LogP contribution in [-0.4, -0.2) is 29.1 Å². The fourth-order valence-electron chi connectivity index (χ4n) is 2.55. The second-order valence-corrected chi connectivity index (χ2v) is 7.60. The SMILES string of the molecule is O=C(O)CCC1CCCN(Cc2cc(Br)c(Cl)s2)C1. The van der Waals surface area contributed by atoms with Gasteiger partial charge in [-0.25, -0.2) is 0 Å². The smallest absolute Gasteiger partial charge is 0.303 e. The van der Waals surface area contributed by atoms with Gasteiger partial charge in [-0.2, -0.15) is 0 Å². The molecule has 0 bridgehead atoms. The molecule has 1 aromatic heterocycles. The van der Waals surface area contributed by atoms with Crippen molar-refractivity contribution in [2.24, 2.45) is 5.92 Å². The third kappa shape index (κ3) is 4.74. The molecule has 1 fully saturated rings. The number of rotatable bonds is 5. The van der Waals surface area contributed by atoms with Gasteiger partial charge >= 0.3 is 5.97 Å². The molecule has 0 spiro atoms. The largest absolute Gasteiger partial charge is 0.481 e. The van der Waals surface area contributed by atoms with Crippen molar-refractivity contribution in [2.75, 3.05) is 13.1 Å². The zero-order chi connectivity index (χ0) is 13.8. The maximum absolute atomic E-state index is 10.6. The van der Waals surface area contributed by atoms with Gasteiger partial charge in [0, 0.05) is 28.9 Å². The number of carboxylic acids is 1. The van der Waals surface area contributed by atoms with Crippen molar-refractivity contribution in [2.45, 2.75) is 32.2 Å². The zero-order valence-electron chi connectivity index (χ0n) is 10.6. The molecule has 0 amide bonds. The predicted octanol–water partition coefficient (Wildman–Crippen LogP) is 4.24. The minimum Gasteiger partial charge on any atom is -0.481 e. The molecule has 0 aromatic carbocycles. The summed E-state index contributed by atoms with van der Waals surface area (Å²) >= 11 is 11.1. The summed E-state index contributed by atoms with van der Waals surface area (Å²) < 4.78 is 1.77. The van der Waals surface area contributed by atoms with Gasteiger partial charge in [0.25, 0.3) is 0 Å². The number of hydrogen-bond donors (Lipinski definition) is 1. The summed E-state index contributed by atoms with van der Waals surface area (Å²) in [5.41, 5.74) is 0. The van der Waals surface area contributed by atoms with E-state index >= 15 is 0 Å². The molecule has 6 heteroatoms. The summed E-state index contributed by atoms with van der Waals surface area (Å²) in [5, 5.41) is 8.75. The topological polar surface area (TPSA) is 40.5 Å². The van der Waals surface area contributed by atoms with Crippen molar-refractivity contribution in [3.63, 3.8) is 0 Å². The van der Waals surface area contributed by atoms with Crippen LogP contribution < -0.4 is 0 Å². The average molecular weight is 367 g/mol. The summed E-state index contributed by atoms with van der Waals surface area (Å²) in [7, 11) is 0. The van der Waals surface area contributed by atoms with E-state index in [9.17, 15) is 4.79 Å². The van der Waals surface area contributed by atoms with E-state index in [4.69, 9.17) is 16.7 Å². The summed E-state index contributed by atoms with van der Waals surface area (Å²) in [6.07, 6.45) is 3.39. The Balaban J connectivity index is 1.85. The van der Waals surface area contributed by atoms with E-state index in [1.54, 1.807) is 11.3 Å². The Morgan fingerprint density at radius 3 is 3.05 bits per heavy atom. The van der Waals surface area contributed by atoms with Crippen LogP contribution in [0.2, 0.25) is 4.34 Å². The molecule has 19 heavy (non-hydrogen) atoms. The Bertz CT molecular complexity index is 432. The number of carbonyl (C=O) groups is 1. The standard InChI is InChI=1S/C13H17BrClNO2S/c14-11-6-10(19-13(11)15)8-16-5-1-2-9(7-16)3-4-12(17)18/h6,9H,1-5,7-8H2,(H,17,18). The average Bonchev–Trinajstić information content (AvgIpc) is 2.66. The maximum Gasteiger partial charge on any atom is 0.303 e. The molecule has 1 unspecified atom stereocenters. The van der Waals surface area contributed by atoms with Gasteiger partial charge in [-0.1, -0.05) is 11.6 Å². The van der Waals surface area contributed by atoms with Crippen molar-refractivity contribution in [1.29, 1.82) is 0 Å². The van der Waals surface area contributed by atoms with Crippen LogP contribution in [0, 0.1) is 5.92 Å². The fourth-order valence-corrected chi connectivity index (χ4v) is 4.38. The lowest BCUT2D eigenvalue weighted by molar-refractivity contribution is -0.137. The molecule has 0 saturated carbocycles. The highest BCUT2D eigenvalue weighted by Gasteiger charge is 2.21. The van der Waals surface area contributed by atoms with Crippen molar-refractivity contribution >= 4 is 44.8 Å². The molecular weight excluding hydrogens is 350 g/mol. The lowest BCUT2D eigenvalue weighted by Crippen LogP contribution is -2.34. The van der Waals surface area contributed by atoms with Crippen LogP contribution in [-0.2, 0) is 11.3 Å². The molecule has 106 valence electrons. The van der Waals surface area contributed by atoms with Gasteiger partial charge in [-0.15, -0.1) is 11.3 Å². The Morgan fingerprint density at radius 2 is 2.42 bits per heavy atom. The van der Waals surface area contributed by atoms with E-state index < -0.39 is 5.97 Å². The number of likely N-dealkylation sites (tertiary alicyclic amines) is 1. The second-order valence-electron chi connectivity index (χ2n) is 5.01. The molecule has 2 heterocycles. The number of piperidine rings is 1.